The molecule has 16 heavy (non-hydrogen) atoms. The van der Waals surface area contributed by atoms with E-state index in [2.05, 4.69) is 10.6 Å². The van der Waals surface area contributed by atoms with E-state index in [-0.39, 0.29) is 5.91 Å². The summed E-state index contributed by atoms with van der Waals surface area (Å²) >= 11 is 0. The molecule has 1 amide bonds. The van der Waals surface area contributed by atoms with Crippen LogP contribution in [0.5, 0.6) is 0 Å². The highest BCUT2D eigenvalue weighted by Crippen LogP contribution is 2.13. The van der Waals surface area contributed by atoms with Gasteiger partial charge in [0.05, 0.1) is 0 Å². The van der Waals surface area contributed by atoms with Gasteiger partial charge in [0.25, 0.3) is 0 Å². The number of hydrogen-bond donors (Lipinski definition) is 2. The molecule has 0 bridgehead atoms. The average molecular weight is 225 g/mol. The molecule has 0 saturated carbocycles. The Bertz CT molecular complexity index is 230. The number of amides is 1. The predicted molar refractivity (Wildman–Crippen MR) is 64.3 cm³/mol. The van der Waals surface area contributed by atoms with Crippen LogP contribution in [0.3, 0.4) is 0 Å². The molecule has 0 spiro atoms. The molecular formula is C12H23N3O. The molecule has 0 unspecified atom stereocenters. The zero-order valence-corrected chi connectivity index (χ0v) is 10.2. The average Bonchev–Trinajstić information content (AvgIpc) is 2.31. The lowest BCUT2D eigenvalue weighted by molar-refractivity contribution is -0.129. The minimum absolute atomic E-state index is 0.223. The lowest BCUT2D eigenvalue weighted by Gasteiger charge is -2.35. The van der Waals surface area contributed by atoms with E-state index in [0.29, 0.717) is 12.1 Å². The maximum absolute atomic E-state index is 11.2. The third kappa shape index (κ3) is 3.19. The number of nitrogens with zero attached hydrogens (tertiary/aromatic N) is 1. The van der Waals surface area contributed by atoms with Gasteiger partial charge >= 0.3 is 0 Å². The van der Waals surface area contributed by atoms with Crippen molar-refractivity contribution in [2.75, 3.05) is 26.2 Å². The van der Waals surface area contributed by atoms with Crippen molar-refractivity contribution in [3.05, 3.63) is 0 Å². The lowest BCUT2D eigenvalue weighted by Crippen LogP contribution is -2.49. The van der Waals surface area contributed by atoms with Gasteiger partial charge in [0, 0.05) is 32.1 Å². The second kappa shape index (κ2) is 5.64. The summed E-state index contributed by atoms with van der Waals surface area (Å²) < 4.78 is 0. The van der Waals surface area contributed by atoms with Gasteiger partial charge in [-0.15, -0.1) is 0 Å². The largest absolute Gasteiger partial charge is 0.343 e. The van der Waals surface area contributed by atoms with Gasteiger partial charge in [-0.2, -0.15) is 0 Å². The number of rotatable bonds is 2. The first-order chi connectivity index (χ1) is 7.75. The van der Waals surface area contributed by atoms with E-state index < -0.39 is 0 Å². The summed E-state index contributed by atoms with van der Waals surface area (Å²) in [4.78, 5) is 13.2. The molecule has 92 valence electrons. The Labute approximate surface area is 97.8 Å². The van der Waals surface area contributed by atoms with Gasteiger partial charge in [-0.1, -0.05) is 0 Å². The van der Waals surface area contributed by atoms with Crippen LogP contribution in [0, 0.1) is 0 Å². The molecule has 0 atom stereocenters. The molecule has 2 heterocycles. The minimum atomic E-state index is 0.223. The monoisotopic (exact) mass is 225 g/mol. The summed E-state index contributed by atoms with van der Waals surface area (Å²) in [6.45, 7) is 5.81. The van der Waals surface area contributed by atoms with Crippen LogP contribution in [0.2, 0.25) is 0 Å². The van der Waals surface area contributed by atoms with Crippen molar-refractivity contribution < 1.29 is 4.79 Å². The van der Waals surface area contributed by atoms with Crippen molar-refractivity contribution in [1.29, 1.82) is 0 Å². The first-order valence-electron chi connectivity index (χ1n) is 6.48. The van der Waals surface area contributed by atoms with E-state index in [4.69, 9.17) is 0 Å². The quantitative estimate of drug-likeness (QED) is 0.712. The van der Waals surface area contributed by atoms with Crippen LogP contribution in [0.15, 0.2) is 0 Å². The zero-order valence-electron chi connectivity index (χ0n) is 10.2. The fraction of sp³-hybridized carbons (Fsp3) is 0.917. The van der Waals surface area contributed by atoms with Crippen LogP contribution in [-0.4, -0.2) is 49.1 Å². The standard InChI is InChI=1S/C12H23N3O/c1-10(16)15-8-4-12(5-9-15)14-11-2-6-13-7-3-11/h11-14H,2-9H2,1H3. The Balaban J connectivity index is 1.70. The van der Waals surface area contributed by atoms with Gasteiger partial charge in [-0.25, -0.2) is 0 Å². The summed E-state index contributed by atoms with van der Waals surface area (Å²) in [5.74, 6) is 0.223. The number of hydrogen-bond acceptors (Lipinski definition) is 3. The smallest absolute Gasteiger partial charge is 0.219 e. The van der Waals surface area contributed by atoms with Crippen molar-refractivity contribution in [2.24, 2.45) is 0 Å². The van der Waals surface area contributed by atoms with Gasteiger partial charge in [0.15, 0.2) is 0 Å². The van der Waals surface area contributed by atoms with Crippen molar-refractivity contribution >= 4 is 5.91 Å². The number of carbonyl (C=O) groups is 1. The molecule has 0 aromatic rings. The zero-order chi connectivity index (χ0) is 11.4. The van der Waals surface area contributed by atoms with E-state index in [1.165, 1.54) is 12.8 Å². The van der Waals surface area contributed by atoms with Crippen LogP contribution in [0.1, 0.15) is 32.6 Å². The van der Waals surface area contributed by atoms with E-state index in [0.717, 1.165) is 39.0 Å². The van der Waals surface area contributed by atoms with Crippen LogP contribution in [0.4, 0.5) is 0 Å². The van der Waals surface area contributed by atoms with Crippen LogP contribution in [-0.2, 0) is 4.79 Å². The fourth-order valence-corrected chi connectivity index (χ4v) is 2.68. The number of nitrogens with one attached hydrogen (secondary N) is 2. The van der Waals surface area contributed by atoms with E-state index in [1.807, 2.05) is 4.90 Å². The molecule has 4 heteroatoms. The topological polar surface area (TPSA) is 44.4 Å². The number of carbonyl (C=O) groups excluding carboxylic acids is 1. The summed E-state index contributed by atoms with van der Waals surface area (Å²) in [5.41, 5.74) is 0. The van der Waals surface area contributed by atoms with Crippen molar-refractivity contribution in [1.82, 2.24) is 15.5 Å². The Kier molecular flexibility index (Phi) is 4.18. The third-order valence-corrected chi connectivity index (χ3v) is 3.75. The van der Waals surface area contributed by atoms with Gasteiger partial charge < -0.3 is 15.5 Å². The molecule has 2 rings (SSSR count). The molecule has 2 aliphatic rings. The lowest BCUT2D eigenvalue weighted by atomic mass is 10.0. The van der Waals surface area contributed by atoms with Gasteiger partial charge in [0.2, 0.25) is 5.91 Å². The first kappa shape index (κ1) is 11.9. The fourth-order valence-electron chi connectivity index (χ4n) is 2.68. The van der Waals surface area contributed by atoms with Crippen LogP contribution < -0.4 is 10.6 Å². The first-order valence-corrected chi connectivity index (χ1v) is 6.48. The highest BCUT2D eigenvalue weighted by molar-refractivity contribution is 5.73. The van der Waals surface area contributed by atoms with E-state index in [9.17, 15) is 4.79 Å². The van der Waals surface area contributed by atoms with Crippen molar-refractivity contribution in [2.45, 2.75) is 44.7 Å². The van der Waals surface area contributed by atoms with E-state index in [1.54, 1.807) is 6.92 Å². The second-order valence-electron chi connectivity index (χ2n) is 4.97. The summed E-state index contributed by atoms with van der Waals surface area (Å²) in [6, 6.07) is 1.31. The second-order valence-corrected chi connectivity index (χ2v) is 4.97. The molecule has 2 fully saturated rings. The highest BCUT2D eigenvalue weighted by atomic mass is 16.2. The third-order valence-electron chi connectivity index (χ3n) is 3.75. The van der Waals surface area contributed by atoms with Gasteiger partial charge in [-0.05, 0) is 38.8 Å². The Hall–Kier alpha value is -0.610. The Morgan fingerprint density at radius 2 is 1.69 bits per heavy atom. The summed E-state index contributed by atoms with van der Waals surface area (Å²) in [7, 11) is 0. The van der Waals surface area contributed by atoms with Gasteiger partial charge in [0.1, 0.15) is 0 Å². The highest BCUT2D eigenvalue weighted by Gasteiger charge is 2.23. The number of piperidine rings is 2. The summed E-state index contributed by atoms with van der Waals surface area (Å²) in [5, 5.41) is 7.12. The minimum Gasteiger partial charge on any atom is -0.343 e. The molecule has 2 saturated heterocycles. The number of likely N-dealkylation sites (tertiary alicyclic amines) is 1. The van der Waals surface area contributed by atoms with Crippen molar-refractivity contribution in [3.8, 4) is 0 Å². The van der Waals surface area contributed by atoms with Crippen LogP contribution in [0.25, 0.3) is 0 Å². The maximum Gasteiger partial charge on any atom is 0.219 e. The summed E-state index contributed by atoms with van der Waals surface area (Å²) in [6.07, 6.45) is 4.72. The molecule has 0 aromatic carbocycles. The normalized spacial score (nSPS) is 24.7. The van der Waals surface area contributed by atoms with Gasteiger partial charge in [-0.3, -0.25) is 4.79 Å². The predicted octanol–water partition coefficient (Wildman–Crippen LogP) is 0.339. The Morgan fingerprint density at radius 3 is 2.25 bits per heavy atom. The molecule has 0 radical (unpaired) electrons. The van der Waals surface area contributed by atoms with Crippen molar-refractivity contribution in [3.63, 3.8) is 0 Å². The van der Waals surface area contributed by atoms with Crippen LogP contribution >= 0.6 is 0 Å². The van der Waals surface area contributed by atoms with E-state index >= 15 is 0 Å². The molecule has 2 aliphatic heterocycles. The SMILES string of the molecule is CC(=O)N1CCC(NC2CCNCC2)CC1. The molecule has 4 nitrogen and oxygen atoms in total. The molecule has 2 N–H and O–H groups in total. The molecule has 0 aromatic heterocycles. The Morgan fingerprint density at radius 1 is 1.12 bits per heavy atom. The molecule has 0 aliphatic carbocycles. The maximum atomic E-state index is 11.2. The molecular weight excluding hydrogens is 202 g/mol.